The van der Waals surface area contributed by atoms with Gasteiger partial charge in [0.25, 0.3) is 0 Å². The first-order valence-corrected chi connectivity index (χ1v) is 5.65. The molecule has 0 fully saturated rings. The van der Waals surface area contributed by atoms with E-state index in [0.717, 1.165) is 30.2 Å². The van der Waals surface area contributed by atoms with Gasteiger partial charge in [0.1, 0.15) is 11.6 Å². The van der Waals surface area contributed by atoms with Crippen LogP contribution in [0.4, 0.5) is 10.2 Å². The molecule has 0 bridgehead atoms. The van der Waals surface area contributed by atoms with Crippen LogP contribution in [0.25, 0.3) is 0 Å². The third kappa shape index (κ3) is 1.77. The minimum atomic E-state index is -0.306. The van der Waals surface area contributed by atoms with Crippen LogP contribution < -0.4 is 5.32 Å². The summed E-state index contributed by atoms with van der Waals surface area (Å²) in [6.45, 7) is 2.84. The van der Waals surface area contributed by atoms with E-state index in [-0.39, 0.29) is 11.9 Å². The fraction of sp³-hybridized carbons (Fsp3) is 0.333. The Kier molecular flexibility index (Phi) is 2.31. The Balaban J connectivity index is 2.02. The maximum Gasteiger partial charge on any atom is 0.141 e. The monoisotopic (exact) mass is 232 g/mol. The molecule has 0 amide bonds. The smallest absolute Gasteiger partial charge is 0.141 e. The molecular formula is C12H13FN4. The Labute approximate surface area is 98.5 Å². The van der Waals surface area contributed by atoms with E-state index in [9.17, 15) is 4.39 Å². The van der Waals surface area contributed by atoms with Gasteiger partial charge >= 0.3 is 0 Å². The topological polar surface area (TPSA) is 42.7 Å². The van der Waals surface area contributed by atoms with Crippen molar-refractivity contribution in [3.8, 4) is 0 Å². The summed E-state index contributed by atoms with van der Waals surface area (Å²) >= 11 is 0. The molecule has 2 aromatic rings. The summed E-state index contributed by atoms with van der Waals surface area (Å²) in [4.78, 5) is 4.15. The lowest BCUT2D eigenvalue weighted by Crippen LogP contribution is -2.25. The first-order valence-electron chi connectivity index (χ1n) is 5.65. The van der Waals surface area contributed by atoms with Gasteiger partial charge in [0, 0.05) is 12.6 Å². The maximum absolute atomic E-state index is 12.9. The lowest BCUT2D eigenvalue weighted by molar-refractivity contribution is 0.467. The van der Waals surface area contributed by atoms with Crippen LogP contribution in [0, 0.1) is 12.7 Å². The van der Waals surface area contributed by atoms with Crippen molar-refractivity contribution >= 4 is 5.82 Å². The number of fused-ring (bicyclic) bond motifs is 1. The highest BCUT2D eigenvalue weighted by atomic mass is 19.1. The van der Waals surface area contributed by atoms with Gasteiger partial charge in [-0.3, -0.25) is 4.98 Å². The fourth-order valence-corrected chi connectivity index (χ4v) is 2.20. The normalized spacial score (nSPS) is 18.6. The molecule has 3 heterocycles. The molecule has 88 valence electrons. The fourth-order valence-electron chi connectivity index (χ4n) is 2.20. The van der Waals surface area contributed by atoms with Crippen LogP contribution in [0.1, 0.15) is 23.9 Å². The summed E-state index contributed by atoms with van der Waals surface area (Å²) in [5.74, 6) is 0.699. The summed E-state index contributed by atoms with van der Waals surface area (Å²) in [6, 6.07) is 5.28. The van der Waals surface area contributed by atoms with Crippen molar-refractivity contribution in [2.24, 2.45) is 0 Å². The van der Waals surface area contributed by atoms with Crippen LogP contribution in [0.3, 0.4) is 0 Å². The second kappa shape index (κ2) is 3.84. The van der Waals surface area contributed by atoms with Crippen LogP contribution in [-0.2, 0) is 0 Å². The number of pyridine rings is 1. The van der Waals surface area contributed by atoms with E-state index in [0.29, 0.717) is 0 Å². The molecule has 1 unspecified atom stereocenters. The summed E-state index contributed by atoms with van der Waals surface area (Å²) in [6.07, 6.45) is 2.17. The van der Waals surface area contributed by atoms with Crippen LogP contribution >= 0.6 is 0 Å². The zero-order chi connectivity index (χ0) is 11.8. The number of hydrogen-bond acceptors (Lipinski definition) is 3. The second-order valence-electron chi connectivity index (χ2n) is 4.25. The van der Waals surface area contributed by atoms with Crippen LogP contribution in [0.5, 0.6) is 0 Å². The van der Waals surface area contributed by atoms with Crippen molar-refractivity contribution in [1.82, 2.24) is 14.8 Å². The van der Waals surface area contributed by atoms with E-state index < -0.39 is 0 Å². The first kappa shape index (κ1) is 10.3. The van der Waals surface area contributed by atoms with Crippen LogP contribution in [0.2, 0.25) is 0 Å². The molecule has 2 aromatic heterocycles. The number of anilines is 1. The average Bonchev–Trinajstić information content (AvgIpc) is 2.70. The van der Waals surface area contributed by atoms with Crippen LogP contribution in [-0.4, -0.2) is 21.3 Å². The maximum atomic E-state index is 12.9. The molecule has 5 heteroatoms. The van der Waals surface area contributed by atoms with Crippen molar-refractivity contribution < 1.29 is 4.39 Å². The third-order valence-electron chi connectivity index (χ3n) is 2.97. The Hall–Kier alpha value is -1.91. The molecular weight excluding hydrogens is 219 g/mol. The molecule has 1 aliphatic rings. The molecule has 4 nitrogen and oxygen atoms in total. The number of halogens is 1. The lowest BCUT2D eigenvalue weighted by Gasteiger charge is -2.25. The van der Waals surface area contributed by atoms with Crippen molar-refractivity contribution in [3.05, 3.63) is 41.6 Å². The van der Waals surface area contributed by atoms with Crippen molar-refractivity contribution in [2.45, 2.75) is 19.4 Å². The van der Waals surface area contributed by atoms with Crippen molar-refractivity contribution in [2.75, 3.05) is 11.9 Å². The predicted molar refractivity (Wildman–Crippen MR) is 62.4 cm³/mol. The number of aryl methyl sites for hydroxylation is 1. The van der Waals surface area contributed by atoms with Gasteiger partial charge in [0.2, 0.25) is 0 Å². The zero-order valence-electron chi connectivity index (χ0n) is 9.52. The largest absolute Gasteiger partial charge is 0.370 e. The molecule has 0 aliphatic carbocycles. The van der Waals surface area contributed by atoms with Gasteiger partial charge in [-0.05, 0) is 25.5 Å². The van der Waals surface area contributed by atoms with Gasteiger partial charge in [0.15, 0.2) is 0 Å². The average molecular weight is 232 g/mol. The summed E-state index contributed by atoms with van der Waals surface area (Å²) in [5.41, 5.74) is 1.83. The van der Waals surface area contributed by atoms with Crippen LogP contribution in [0.15, 0.2) is 24.4 Å². The number of hydrogen-bond donors (Lipinski definition) is 1. The lowest BCUT2D eigenvalue weighted by atomic mass is 10.1. The molecule has 1 N–H and O–H groups in total. The number of nitrogens with one attached hydrogen (secondary N) is 1. The Morgan fingerprint density at radius 2 is 2.35 bits per heavy atom. The van der Waals surface area contributed by atoms with Gasteiger partial charge in [-0.1, -0.05) is 0 Å². The number of nitrogens with zero attached hydrogens (tertiary/aromatic N) is 3. The van der Waals surface area contributed by atoms with E-state index in [1.165, 1.54) is 12.3 Å². The summed E-state index contributed by atoms with van der Waals surface area (Å²) in [7, 11) is 0. The van der Waals surface area contributed by atoms with Gasteiger partial charge in [-0.25, -0.2) is 9.07 Å². The zero-order valence-corrected chi connectivity index (χ0v) is 9.52. The van der Waals surface area contributed by atoms with Gasteiger partial charge in [-0.2, -0.15) is 5.10 Å². The molecule has 0 radical (unpaired) electrons. The number of aromatic nitrogens is 3. The number of rotatable bonds is 1. The molecule has 17 heavy (non-hydrogen) atoms. The highest BCUT2D eigenvalue weighted by Gasteiger charge is 2.23. The SMILES string of the molecule is Cc1cc2n(n1)C(c1ccc(F)cn1)CCN2. The van der Waals surface area contributed by atoms with E-state index in [1.54, 1.807) is 6.07 Å². The minimum absolute atomic E-state index is 0.0977. The van der Waals surface area contributed by atoms with Gasteiger partial charge in [-0.15, -0.1) is 0 Å². The Morgan fingerprint density at radius 1 is 1.47 bits per heavy atom. The quantitative estimate of drug-likeness (QED) is 0.819. The Bertz CT molecular complexity index is 532. The predicted octanol–water partition coefficient (Wildman–Crippen LogP) is 2.13. The van der Waals surface area contributed by atoms with Crippen molar-refractivity contribution in [1.29, 1.82) is 0 Å². The van der Waals surface area contributed by atoms with Crippen molar-refractivity contribution in [3.63, 3.8) is 0 Å². The van der Waals surface area contributed by atoms with E-state index in [1.807, 2.05) is 17.7 Å². The molecule has 0 aromatic carbocycles. The molecule has 0 saturated carbocycles. The highest BCUT2D eigenvalue weighted by Crippen LogP contribution is 2.28. The first-order chi connectivity index (χ1) is 8.24. The van der Waals surface area contributed by atoms with E-state index >= 15 is 0 Å². The second-order valence-corrected chi connectivity index (χ2v) is 4.25. The molecule has 1 aliphatic heterocycles. The molecule has 3 rings (SSSR count). The molecule has 1 atom stereocenters. The summed E-state index contributed by atoms with van der Waals surface area (Å²) in [5, 5.41) is 7.75. The Morgan fingerprint density at radius 3 is 3.12 bits per heavy atom. The van der Waals surface area contributed by atoms with E-state index in [4.69, 9.17) is 0 Å². The molecule has 0 saturated heterocycles. The third-order valence-corrected chi connectivity index (χ3v) is 2.97. The summed E-state index contributed by atoms with van der Waals surface area (Å²) < 4.78 is 14.8. The standard InChI is InChI=1S/C12H13FN4/c1-8-6-12-14-5-4-11(17(12)16-8)10-3-2-9(13)7-15-10/h2-3,6-7,11,14H,4-5H2,1H3. The molecule has 0 spiro atoms. The van der Waals surface area contributed by atoms with Gasteiger partial charge in [0.05, 0.1) is 23.6 Å². The van der Waals surface area contributed by atoms with E-state index in [2.05, 4.69) is 15.4 Å². The van der Waals surface area contributed by atoms with Gasteiger partial charge < -0.3 is 5.32 Å². The highest BCUT2D eigenvalue weighted by molar-refractivity contribution is 5.40. The minimum Gasteiger partial charge on any atom is -0.370 e.